The van der Waals surface area contributed by atoms with Gasteiger partial charge in [0, 0.05) is 23.4 Å². The highest BCUT2D eigenvalue weighted by Crippen LogP contribution is 2.32. The number of benzene rings is 1. The van der Waals surface area contributed by atoms with E-state index in [-0.39, 0.29) is 6.42 Å². The number of ether oxygens (including phenoxy) is 2. The number of hydrogen-bond donors (Lipinski definition) is 1. The fourth-order valence-electron chi connectivity index (χ4n) is 3.95. The maximum Gasteiger partial charge on any atom is 0.410 e. The topological polar surface area (TPSA) is 115 Å². The minimum atomic E-state index is -1.08. The van der Waals surface area contributed by atoms with Crippen molar-refractivity contribution in [3.63, 3.8) is 0 Å². The van der Waals surface area contributed by atoms with Crippen LogP contribution in [0.4, 0.5) is 4.79 Å². The summed E-state index contributed by atoms with van der Waals surface area (Å²) in [4.78, 5) is 40.0. The number of likely N-dealkylation sites (N-methyl/N-ethyl adjacent to an activating group) is 1. The number of carbonyl (C=O) groups excluding carboxylic acids is 1. The lowest BCUT2D eigenvalue weighted by molar-refractivity contribution is -0.142. The molecular weight excluding hydrogens is 492 g/mol. The number of thiazole rings is 1. The molecule has 10 heteroatoms. The molecule has 1 aromatic carbocycles. The summed E-state index contributed by atoms with van der Waals surface area (Å²) in [5.41, 5.74) is 2.76. The summed E-state index contributed by atoms with van der Waals surface area (Å²) in [6.45, 7) is 11.4. The molecule has 0 aliphatic carbocycles. The number of carboxylic acids is 1. The van der Waals surface area contributed by atoms with E-state index in [1.807, 2.05) is 24.4 Å². The van der Waals surface area contributed by atoms with Crippen molar-refractivity contribution in [1.82, 2.24) is 19.9 Å². The molecule has 0 bridgehead atoms. The third-order valence-corrected chi connectivity index (χ3v) is 6.86. The van der Waals surface area contributed by atoms with Crippen molar-refractivity contribution in [1.29, 1.82) is 0 Å². The van der Waals surface area contributed by atoms with E-state index in [9.17, 15) is 14.7 Å². The van der Waals surface area contributed by atoms with Gasteiger partial charge in [-0.25, -0.2) is 24.5 Å². The van der Waals surface area contributed by atoms with E-state index < -0.39 is 23.7 Å². The number of aromatic nitrogens is 3. The van der Waals surface area contributed by atoms with E-state index in [0.717, 1.165) is 43.5 Å². The van der Waals surface area contributed by atoms with Crippen molar-refractivity contribution in [2.45, 2.75) is 78.4 Å². The standard InChI is InChI=1S/C27H36N4O5S/c1-15(2)19-14-37-24(29-19)23-28-18(17-12-13-21(35-8)16(3)22(17)30-23)10-9-11-20(25(32)33)31(7)26(34)36-27(4,5)6/h12-15,20H,9-11H2,1-8H3,(H,32,33). The number of hydrogen-bond acceptors (Lipinski definition) is 8. The highest BCUT2D eigenvalue weighted by atomic mass is 32.1. The van der Waals surface area contributed by atoms with Crippen LogP contribution in [0.5, 0.6) is 5.75 Å². The molecule has 37 heavy (non-hydrogen) atoms. The molecule has 1 amide bonds. The fraction of sp³-hybridized carbons (Fsp3) is 0.519. The molecule has 0 aliphatic rings. The highest BCUT2D eigenvalue weighted by Gasteiger charge is 2.30. The van der Waals surface area contributed by atoms with Gasteiger partial charge >= 0.3 is 12.1 Å². The molecule has 1 unspecified atom stereocenters. The van der Waals surface area contributed by atoms with Crippen LogP contribution in [0.1, 0.15) is 70.3 Å². The molecule has 200 valence electrons. The van der Waals surface area contributed by atoms with Crippen molar-refractivity contribution in [2.75, 3.05) is 14.2 Å². The first-order valence-corrected chi connectivity index (χ1v) is 13.2. The monoisotopic (exact) mass is 528 g/mol. The molecule has 0 spiro atoms. The van der Waals surface area contributed by atoms with Gasteiger partial charge < -0.3 is 14.6 Å². The minimum Gasteiger partial charge on any atom is -0.496 e. The molecule has 1 atom stereocenters. The second kappa shape index (κ2) is 11.4. The van der Waals surface area contributed by atoms with Crippen LogP contribution in [0.15, 0.2) is 17.5 Å². The van der Waals surface area contributed by atoms with Gasteiger partial charge in [0.2, 0.25) is 0 Å². The Kier molecular flexibility index (Phi) is 8.73. The summed E-state index contributed by atoms with van der Waals surface area (Å²) in [6, 6.07) is 2.81. The van der Waals surface area contributed by atoms with Crippen molar-refractivity contribution in [2.24, 2.45) is 0 Å². The molecule has 0 aliphatic heterocycles. The van der Waals surface area contributed by atoms with E-state index in [1.165, 1.54) is 18.4 Å². The van der Waals surface area contributed by atoms with Gasteiger partial charge in [-0.15, -0.1) is 11.3 Å². The molecule has 2 aromatic heterocycles. The van der Waals surface area contributed by atoms with Crippen molar-refractivity contribution >= 4 is 34.3 Å². The summed E-state index contributed by atoms with van der Waals surface area (Å²) >= 11 is 1.51. The number of rotatable bonds is 9. The maximum atomic E-state index is 12.5. The van der Waals surface area contributed by atoms with Crippen molar-refractivity contribution < 1.29 is 24.2 Å². The second-order valence-corrected chi connectivity index (χ2v) is 11.2. The normalized spacial score (nSPS) is 12.6. The summed E-state index contributed by atoms with van der Waals surface area (Å²) < 4.78 is 10.9. The SMILES string of the molecule is COc1ccc2c(CCCC(C(=O)O)N(C)C(=O)OC(C)(C)C)nc(-c3nc(C(C)C)cs3)nc2c1C. The molecule has 0 saturated heterocycles. The largest absolute Gasteiger partial charge is 0.496 e. The van der Waals surface area contributed by atoms with Gasteiger partial charge in [0.1, 0.15) is 17.4 Å². The number of amides is 1. The number of methoxy groups -OCH3 is 1. The lowest BCUT2D eigenvalue weighted by Gasteiger charge is -2.28. The van der Waals surface area contributed by atoms with Gasteiger partial charge in [-0.2, -0.15) is 0 Å². The van der Waals surface area contributed by atoms with Crippen LogP contribution in [-0.2, 0) is 16.0 Å². The zero-order valence-corrected chi connectivity index (χ0v) is 23.6. The van der Waals surface area contributed by atoms with Gasteiger partial charge in [0.25, 0.3) is 0 Å². The Morgan fingerprint density at radius 2 is 1.86 bits per heavy atom. The average molecular weight is 529 g/mol. The molecule has 2 heterocycles. The summed E-state index contributed by atoms with van der Waals surface area (Å²) in [5, 5.41) is 13.4. The zero-order chi connectivity index (χ0) is 27.5. The fourth-order valence-corrected chi connectivity index (χ4v) is 4.86. The number of aryl methyl sites for hydroxylation is 2. The van der Waals surface area contributed by atoms with Crippen LogP contribution in [-0.4, -0.2) is 62.8 Å². The quantitative estimate of drug-likeness (QED) is 0.369. The summed E-state index contributed by atoms with van der Waals surface area (Å²) in [7, 11) is 3.08. The predicted octanol–water partition coefficient (Wildman–Crippen LogP) is 5.84. The van der Waals surface area contributed by atoms with Crippen molar-refractivity contribution in [3.8, 4) is 16.6 Å². The maximum absolute atomic E-state index is 12.5. The Hall–Kier alpha value is -3.27. The Morgan fingerprint density at radius 1 is 1.16 bits per heavy atom. The van der Waals surface area contributed by atoms with Gasteiger partial charge in [0.05, 0.1) is 24.0 Å². The predicted molar refractivity (Wildman–Crippen MR) is 144 cm³/mol. The summed E-state index contributed by atoms with van der Waals surface area (Å²) in [6.07, 6.45) is 0.583. The van der Waals surface area contributed by atoms with Crippen molar-refractivity contribution in [3.05, 3.63) is 34.5 Å². The summed E-state index contributed by atoms with van der Waals surface area (Å²) in [5.74, 6) is 0.485. The molecule has 0 saturated carbocycles. The lowest BCUT2D eigenvalue weighted by atomic mass is 10.0. The number of carbonyl (C=O) groups is 2. The Labute approximate surface area is 221 Å². The second-order valence-electron chi connectivity index (χ2n) is 10.4. The molecule has 1 N–H and O–H groups in total. The lowest BCUT2D eigenvalue weighted by Crippen LogP contribution is -2.44. The van der Waals surface area contributed by atoms with Crippen LogP contribution >= 0.6 is 11.3 Å². The van der Waals surface area contributed by atoms with Crippen LogP contribution in [0.3, 0.4) is 0 Å². The van der Waals surface area contributed by atoms with E-state index in [1.54, 1.807) is 27.9 Å². The van der Waals surface area contributed by atoms with E-state index in [4.69, 9.17) is 24.4 Å². The average Bonchev–Trinajstić information content (AvgIpc) is 3.31. The highest BCUT2D eigenvalue weighted by molar-refractivity contribution is 7.13. The number of fused-ring (bicyclic) bond motifs is 1. The van der Waals surface area contributed by atoms with Crippen LogP contribution in [0.2, 0.25) is 0 Å². The van der Waals surface area contributed by atoms with Gasteiger partial charge in [-0.05, 0) is 65.0 Å². The first-order chi connectivity index (χ1) is 17.3. The molecule has 9 nitrogen and oxygen atoms in total. The molecule has 3 rings (SSSR count). The number of carboxylic acid groups (broad SMARTS) is 1. The van der Waals surface area contributed by atoms with E-state index >= 15 is 0 Å². The zero-order valence-electron chi connectivity index (χ0n) is 22.8. The Morgan fingerprint density at radius 3 is 2.43 bits per heavy atom. The molecular formula is C27H36N4O5S. The van der Waals surface area contributed by atoms with E-state index in [2.05, 4.69) is 13.8 Å². The smallest absolute Gasteiger partial charge is 0.410 e. The third kappa shape index (κ3) is 6.74. The van der Waals surface area contributed by atoms with Gasteiger partial charge in [0.15, 0.2) is 10.8 Å². The minimum absolute atomic E-state index is 0.246. The third-order valence-electron chi connectivity index (χ3n) is 6.00. The van der Waals surface area contributed by atoms with Crippen LogP contribution in [0.25, 0.3) is 21.7 Å². The number of aliphatic carboxylic acids is 1. The van der Waals surface area contributed by atoms with Gasteiger partial charge in [-0.1, -0.05) is 13.8 Å². The molecule has 3 aromatic rings. The van der Waals surface area contributed by atoms with Crippen LogP contribution < -0.4 is 4.74 Å². The first-order valence-electron chi connectivity index (χ1n) is 12.3. The van der Waals surface area contributed by atoms with Crippen LogP contribution in [0, 0.1) is 6.92 Å². The van der Waals surface area contributed by atoms with E-state index in [0.29, 0.717) is 24.6 Å². The number of nitrogens with zero attached hydrogens (tertiary/aromatic N) is 4. The molecule has 0 fully saturated rings. The first kappa shape index (κ1) is 28.3. The van der Waals surface area contributed by atoms with Gasteiger partial charge in [-0.3, -0.25) is 4.90 Å². The Bertz CT molecular complexity index is 1280. The molecule has 0 radical (unpaired) electrons. The Balaban J connectivity index is 1.91.